The average molecular weight is 656 g/mol. The molecule has 7 aromatic carbocycles. The van der Waals surface area contributed by atoms with E-state index in [0.29, 0.717) is 33.1 Å². The summed E-state index contributed by atoms with van der Waals surface area (Å²) in [7, 11) is 0. The summed E-state index contributed by atoms with van der Waals surface area (Å²) in [6.07, 6.45) is 1.80. The van der Waals surface area contributed by atoms with Crippen molar-refractivity contribution in [3.63, 3.8) is 0 Å². The summed E-state index contributed by atoms with van der Waals surface area (Å²) in [5.74, 6) is 0.582. The van der Waals surface area contributed by atoms with Crippen molar-refractivity contribution >= 4 is 65.3 Å². The number of aromatic nitrogens is 5. The fraction of sp³-hybridized carbons (Fsp3) is 0. The Balaban J connectivity index is 1.17. The van der Waals surface area contributed by atoms with Crippen LogP contribution < -0.4 is 11.1 Å². The van der Waals surface area contributed by atoms with Crippen molar-refractivity contribution in [3.05, 3.63) is 172 Å². The van der Waals surface area contributed by atoms with Crippen LogP contribution >= 0.6 is 0 Å². The first-order chi connectivity index (χ1) is 25.1. The Morgan fingerprint density at radius 2 is 1.16 bits per heavy atom. The van der Waals surface area contributed by atoms with Gasteiger partial charge in [-0.3, -0.25) is 9.59 Å². The van der Waals surface area contributed by atoms with Gasteiger partial charge in [-0.25, -0.2) is 14.5 Å². The number of hydrogen-bond donors (Lipinski definition) is 0. The second-order valence-corrected chi connectivity index (χ2v) is 13.0. The van der Waals surface area contributed by atoms with Crippen LogP contribution in [0.5, 0.6) is 0 Å². The van der Waals surface area contributed by atoms with Crippen molar-refractivity contribution < 1.29 is 0 Å². The second kappa shape index (κ2) is 10.2. The van der Waals surface area contributed by atoms with Crippen LogP contribution in [0.3, 0.4) is 0 Å². The molecular weight excluding hydrogens is 631 g/mol. The lowest BCUT2D eigenvalue weighted by atomic mass is 10.0. The summed E-state index contributed by atoms with van der Waals surface area (Å²) in [5.41, 5.74) is 7.37. The lowest BCUT2D eigenvalue weighted by molar-refractivity contribution is 0.841. The van der Waals surface area contributed by atoms with Gasteiger partial charge in [0.25, 0.3) is 11.1 Å². The van der Waals surface area contributed by atoms with Crippen LogP contribution in [-0.2, 0) is 0 Å². The van der Waals surface area contributed by atoms with Crippen molar-refractivity contribution in [2.75, 3.05) is 0 Å². The molecule has 0 atom stereocenters. The maximum Gasteiger partial charge on any atom is 0.282 e. The number of benzene rings is 7. The van der Waals surface area contributed by atoms with Gasteiger partial charge in [0.1, 0.15) is 0 Å². The van der Waals surface area contributed by atoms with Crippen LogP contribution in [0, 0.1) is 0 Å². The van der Waals surface area contributed by atoms with E-state index in [0.717, 1.165) is 60.3 Å². The SMILES string of the molecule is O=c1c2cc3nc(-c4cccc5ccccc45)ncc3cc2n2c3cc4c(cc3c(=O)n12)c1ccccc1n4-c1cccc(-c2ccccc2)c1. The Kier molecular flexibility index (Phi) is 5.56. The van der Waals surface area contributed by atoms with E-state index in [4.69, 9.17) is 9.97 Å². The van der Waals surface area contributed by atoms with Gasteiger partial charge >= 0.3 is 0 Å². The van der Waals surface area contributed by atoms with Crippen LogP contribution in [0.4, 0.5) is 0 Å². The topological polar surface area (TPSA) is 73.7 Å². The largest absolute Gasteiger partial charge is 0.309 e. The van der Waals surface area contributed by atoms with Gasteiger partial charge in [-0.15, -0.1) is 0 Å². The lowest BCUT2D eigenvalue weighted by Crippen LogP contribution is -2.21. The minimum atomic E-state index is -0.369. The molecule has 238 valence electrons. The van der Waals surface area contributed by atoms with Gasteiger partial charge < -0.3 is 4.57 Å². The molecule has 11 aromatic rings. The Labute approximate surface area is 288 Å². The van der Waals surface area contributed by atoms with E-state index in [-0.39, 0.29) is 11.1 Å². The third kappa shape index (κ3) is 3.88. The minimum Gasteiger partial charge on any atom is -0.309 e. The highest BCUT2D eigenvalue weighted by Crippen LogP contribution is 2.36. The van der Waals surface area contributed by atoms with E-state index >= 15 is 0 Å². The zero-order valence-electron chi connectivity index (χ0n) is 27.0. The van der Waals surface area contributed by atoms with E-state index in [2.05, 4.69) is 71.3 Å². The first-order valence-corrected chi connectivity index (χ1v) is 16.8. The van der Waals surface area contributed by atoms with Gasteiger partial charge in [0, 0.05) is 33.6 Å². The van der Waals surface area contributed by atoms with Crippen LogP contribution in [-0.4, -0.2) is 23.6 Å². The van der Waals surface area contributed by atoms with E-state index in [9.17, 15) is 9.59 Å². The van der Waals surface area contributed by atoms with Gasteiger partial charge in [-0.05, 0) is 64.4 Å². The number of rotatable bonds is 3. The number of nitrogens with zero attached hydrogens (tertiary/aromatic N) is 5. The molecule has 0 saturated carbocycles. The fourth-order valence-electron chi connectivity index (χ4n) is 7.89. The standard InChI is InChI=1S/C44H25N5O2/c50-43-35-22-34-32-17-6-7-19-38(32)47(30-15-8-14-28(20-30)26-10-2-1-3-11-26)39(34)24-41(35)48-40-21-29-25-45-42(46-37(29)23-36(40)44(51)49(43)48)33-18-9-13-27-12-4-5-16-31(27)33/h1-25H. The first kappa shape index (κ1) is 27.8. The lowest BCUT2D eigenvalue weighted by Gasteiger charge is -2.10. The zero-order chi connectivity index (χ0) is 33.8. The molecule has 0 bridgehead atoms. The van der Waals surface area contributed by atoms with Gasteiger partial charge in [-0.2, -0.15) is 4.52 Å². The second-order valence-electron chi connectivity index (χ2n) is 13.0. The van der Waals surface area contributed by atoms with Crippen molar-refractivity contribution in [1.29, 1.82) is 0 Å². The molecular formula is C44H25N5O2. The van der Waals surface area contributed by atoms with Crippen LogP contribution in [0.15, 0.2) is 161 Å². The molecule has 0 fully saturated rings. The summed E-state index contributed by atoms with van der Waals surface area (Å²) in [4.78, 5) is 37.8. The molecule has 0 aliphatic rings. The quantitative estimate of drug-likeness (QED) is 0.190. The van der Waals surface area contributed by atoms with Crippen LogP contribution in [0.25, 0.3) is 93.5 Å². The minimum absolute atomic E-state index is 0.345. The van der Waals surface area contributed by atoms with Crippen molar-refractivity contribution in [1.82, 2.24) is 23.6 Å². The van der Waals surface area contributed by atoms with E-state index in [1.54, 1.807) is 16.8 Å². The Hall–Kier alpha value is -7.12. The molecule has 7 heteroatoms. The van der Waals surface area contributed by atoms with Gasteiger partial charge in [-0.1, -0.05) is 103 Å². The molecule has 0 unspecified atom stereocenters. The molecule has 11 rings (SSSR count). The predicted molar refractivity (Wildman–Crippen MR) is 205 cm³/mol. The normalized spacial score (nSPS) is 12.1. The third-order valence-corrected chi connectivity index (χ3v) is 10.2. The van der Waals surface area contributed by atoms with Crippen molar-refractivity contribution in [2.24, 2.45) is 0 Å². The van der Waals surface area contributed by atoms with E-state index < -0.39 is 0 Å². The monoisotopic (exact) mass is 655 g/mol. The fourth-order valence-corrected chi connectivity index (χ4v) is 7.89. The highest BCUT2D eigenvalue weighted by atomic mass is 16.2. The summed E-state index contributed by atoms with van der Waals surface area (Å²) < 4.78 is 5.26. The van der Waals surface area contributed by atoms with E-state index in [1.165, 1.54) is 4.52 Å². The zero-order valence-corrected chi connectivity index (χ0v) is 27.0. The van der Waals surface area contributed by atoms with E-state index in [1.807, 2.05) is 72.8 Å². The maximum atomic E-state index is 14.1. The van der Waals surface area contributed by atoms with Crippen molar-refractivity contribution in [2.45, 2.75) is 0 Å². The molecule has 0 amide bonds. The third-order valence-electron chi connectivity index (χ3n) is 10.2. The molecule has 0 aliphatic carbocycles. The molecule has 4 heterocycles. The number of fused-ring (bicyclic) bond motifs is 10. The molecule has 0 radical (unpaired) electrons. The smallest absolute Gasteiger partial charge is 0.282 e. The predicted octanol–water partition coefficient (Wildman–Crippen LogP) is 9.03. The number of para-hydroxylation sites is 1. The Morgan fingerprint density at radius 3 is 2.04 bits per heavy atom. The summed E-state index contributed by atoms with van der Waals surface area (Å²) in [5, 5.41) is 5.84. The van der Waals surface area contributed by atoms with Gasteiger partial charge in [0.2, 0.25) is 0 Å². The molecule has 7 nitrogen and oxygen atoms in total. The molecule has 0 spiro atoms. The highest BCUT2D eigenvalue weighted by Gasteiger charge is 2.22. The maximum absolute atomic E-state index is 14.1. The summed E-state index contributed by atoms with van der Waals surface area (Å²) >= 11 is 0. The van der Waals surface area contributed by atoms with Gasteiger partial charge in [0.15, 0.2) is 5.82 Å². The Morgan fingerprint density at radius 1 is 0.451 bits per heavy atom. The molecule has 0 aliphatic heterocycles. The molecule has 0 saturated heterocycles. The Bertz CT molecular complexity index is 3350. The van der Waals surface area contributed by atoms with Crippen LogP contribution in [0.1, 0.15) is 0 Å². The average Bonchev–Trinajstić information content (AvgIpc) is 3.77. The van der Waals surface area contributed by atoms with Crippen LogP contribution in [0.2, 0.25) is 0 Å². The summed E-state index contributed by atoms with van der Waals surface area (Å²) in [6, 6.07) is 49.0. The van der Waals surface area contributed by atoms with Gasteiger partial charge in [0.05, 0.1) is 38.4 Å². The summed E-state index contributed by atoms with van der Waals surface area (Å²) in [6.45, 7) is 0. The molecule has 51 heavy (non-hydrogen) atoms. The molecule has 0 N–H and O–H groups in total. The highest BCUT2D eigenvalue weighted by molar-refractivity contribution is 6.13. The number of hydrogen-bond acceptors (Lipinski definition) is 4. The molecule has 4 aromatic heterocycles. The van der Waals surface area contributed by atoms with Crippen molar-refractivity contribution in [3.8, 4) is 28.2 Å². The first-order valence-electron chi connectivity index (χ1n) is 16.8.